The van der Waals surface area contributed by atoms with Crippen LogP contribution in [0.3, 0.4) is 0 Å². The van der Waals surface area contributed by atoms with Crippen LogP contribution >= 0.6 is 27.3 Å². The van der Waals surface area contributed by atoms with Crippen LogP contribution in [0.4, 0.5) is 5.69 Å². The Labute approximate surface area is 124 Å². The summed E-state index contributed by atoms with van der Waals surface area (Å²) in [4.78, 5) is 17.3. The number of nitrogens with zero attached hydrogens (tertiary/aromatic N) is 1. The van der Waals surface area contributed by atoms with Gasteiger partial charge in [-0.05, 0) is 40.4 Å². The molecule has 6 heteroatoms. The van der Waals surface area contributed by atoms with E-state index < -0.39 is 0 Å². The summed E-state index contributed by atoms with van der Waals surface area (Å²) in [6.07, 6.45) is 3.29. The number of amides is 1. The van der Waals surface area contributed by atoms with Crippen molar-refractivity contribution in [3.05, 3.63) is 44.8 Å². The number of carbonyl (C=O) groups excluding carboxylic acids is 1. The second-order valence-corrected chi connectivity index (χ2v) is 5.68. The van der Waals surface area contributed by atoms with Crippen LogP contribution in [0, 0.1) is 0 Å². The second kappa shape index (κ2) is 6.68. The van der Waals surface area contributed by atoms with Gasteiger partial charge in [0.2, 0.25) is 0 Å². The van der Waals surface area contributed by atoms with Gasteiger partial charge in [0.05, 0.1) is 24.0 Å². The van der Waals surface area contributed by atoms with E-state index in [1.807, 2.05) is 18.4 Å². The molecule has 0 aromatic carbocycles. The zero-order valence-electron chi connectivity index (χ0n) is 10.4. The van der Waals surface area contributed by atoms with E-state index in [1.54, 1.807) is 29.8 Å². The zero-order chi connectivity index (χ0) is 13.7. The van der Waals surface area contributed by atoms with Crippen molar-refractivity contribution >= 4 is 38.9 Å². The molecule has 2 rings (SSSR count). The summed E-state index contributed by atoms with van der Waals surface area (Å²) < 4.78 is 1.03. The van der Waals surface area contributed by atoms with E-state index in [-0.39, 0.29) is 5.91 Å². The topological polar surface area (TPSA) is 54.0 Å². The Morgan fingerprint density at radius 3 is 3.00 bits per heavy atom. The number of rotatable bonds is 5. The van der Waals surface area contributed by atoms with Crippen LogP contribution in [-0.2, 0) is 6.54 Å². The Morgan fingerprint density at radius 1 is 1.47 bits per heavy atom. The SMILES string of the molecule is CCNc1cnccc1C(=O)NCc1sccc1Br. The molecule has 0 radical (unpaired) electrons. The summed E-state index contributed by atoms with van der Waals surface area (Å²) in [5.74, 6) is -0.0985. The third-order valence-electron chi connectivity index (χ3n) is 2.53. The van der Waals surface area contributed by atoms with Crippen LogP contribution in [0.1, 0.15) is 22.2 Å². The lowest BCUT2D eigenvalue weighted by Gasteiger charge is -2.10. The van der Waals surface area contributed by atoms with Crippen molar-refractivity contribution in [1.29, 1.82) is 0 Å². The lowest BCUT2D eigenvalue weighted by atomic mass is 10.2. The van der Waals surface area contributed by atoms with Crippen molar-refractivity contribution in [2.75, 3.05) is 11.9 Å². The summed E-state index contributed by atoms with van der Waals surface area (Å²) in [7, 11) is 0. The number of aromatic nitrogens is 1. The molecule has 0 saturated carbocycles. The van der Waals surface area contributed by atoms with E-state index >= 15 is 0 Å². The van der Waals surface area contributed by atoms with Gasteiger partial charge in [0.25, 0.3) is 5.91 Å². The third-order valence-corrected chi connectivity index (χ3v) is 4.46. The molecule has 100 valence electrons. The molecule has 2 aromatic heterocycles. The highest BCUT2D eigenvalue weighted by Crippen LogP contribution is 2.22. The van der Waals surface area contributed by atoms with Gasteiger partial charge < -0.3 is 10.6 Å². The Morgan fingerprint density at radius 2 is 2.32 bits per heavy atom. The highest BCUT2D eigenvalue weighted by Gasteiger charge is 2.11. The highest BCUT2D eigenvalue weighted by molar-refractivity contribution is 9.10. The van der Waals surface area contributed by atoms with Crippen molar-refractivity contribution in [2.45, 2.75) is 13.5 Å². The minimum absolute atomic E-state index is 0.0985. The van der Waals surface area contributed by atoms with Gasteiger partial charge in [-0.25, -0.2) is 0 Å². The predicted molar refractivity (Wildman–Crippen MR) is 81.6 cm³/mol. The number of nitrogens with one attached hydrogen (secondary N) is 2. The standard InChI is InChI=1S/C13H14BrN3OS/c1-2-16-11-7-15-5-3-9(11)13(18)17-8-12-10(14)4-6-19-12/h3-7,16H,2,8H2,1H3,(H,17,18). The number of thiophene rings is 1. The molecule has 0 atom stereocenters. The van der Waals surface area contributed by atoms with Crippen molar-refractivity contribution < 1.29 is 4.79 Å². The molecule has 0 fully saturated rings. The molecule has 0 bridgehead atoms. The number of hydrogen-bond donors (Lipinski definition) is 2. The van der Waals surface area contributed by atoms with Gasteiger partial charge in [-0.1, -0.05) is 0 Å². The molecule has 4 nitrogen and oxygen atoms in total. The number of halogens is 1. The Hall–Kier alpha value is -1.40. The minimum atomic E-state index is -0.0985. The fourth-order valence-corrected chi connectivity index (χ4v) is 3.06. The first-order valence-electron chi connectivity index (χ1n) is 5.90. The first kappa shape index (κ1) is 14.0. The maximum atomic E-state index is 12.2. The van der Waals surface area contributed by atoms with E-state index in [0.29, 0.717) is 12.1 Å². The lowest BCUT2D eigenvalue weighted by molar-refractivity contribution is 0.0952. The van der Waals surface area contributed by atoms with Crippen molar-refractivity contribution in [1.82, 2.24) is 10.3 Å². The average Bonchev–Trinajstić information content (AvgIpc) is 2.82. The molecule has 2 aromatic rings. The largest absolute Gasteiger partial charge is 0.383 e. The number of pyridine rings is 1. The van der Waals surface area contributed by atoms with Crippen molar-refractivity contribution in [3.63, 3.8) is 0 Å². The van der Waals surface area contributed by atoms with E-state index in [2.05, 4.69) is 31.5 Å². The van der Waals surface area contributed by atoms with Crippen LogP contribution < -0.4 is 10.6 Å². The fraction of sp³-hybridized carbons (Fsp3) is 0.231. The molecule has 19 heavy (non-hydrogen) atoms. The predicted octanol–water partition coefficient (Wildman–Crippen LogP) is 3.27. The monoisotopic (exact) mass is 339 g/mol. The Balaban J connectivity index is 2.06. The first-order valence-corrected chi connectivity index (χ1v) is 7.57. The van der Waals surface area contributed by atoms with Crippen LogP contribution in [0.15, 0.2) is 34.4 Å². The fourth-order valence-electron chi connectivity index (χ4n) is 1.63. The quantitative estimate of drug-likeness (QED) is 0.878. The van der Waals surface area contributed by atoms with E-state index in [4.69, 9.17) is 0 Å². The smallest absolute Gasteiger partial charge is 0.253 e. The molecule has 0 unspecified atom stereocenters. The van der Waals surface area contributed by atoms with Crippen LogP contribution in [0.5, 0.6) is 0 Å². The molecule has 0 aliphatic heterocycles. The molecular formula is C13H14BrN3OS. The number of anilines is 1. The maximum Gasteiger partial charge on any atom is 0.253 e. The van der Waals surface area contributed by atoms with Gasteiger partial charge >= 0.3 is 0 Å². The first-order chi connectivity index (χ1) is 9.22. The number of hydrogen-bond acceptors (Lipinski definition) is 4. The van der Waals surface area contributed by atoms with Gasteiger partial charge in [0.15, 0.2) is 0 Å². The van der Waals surface area contributed by atoms with Crippen LogP contribution in [0.25, 0.3) is 0 Å². The van der Waals surface area contributed by atoms with Crippen LogP contribution in [-0.4, -0.2) is 17.4 Å². The maximum absolute atomic E-state index is 12.2. The third kappa shape index (κ3) is 3.54. The minimum Gasteiger partial charge on any atom is -0.383 e. The number of carbonyl (C=O) groups is 1. The molecule has 1 amide bonds. The second-order valence-electron chi connectivity index (χ2n) is 3.83. The normalized spacial score (nSPS) is 10.2. The van der Waals surface area contributed by atoms with Crippen LogP contribution in [0.2, 0.25) is 0 Å². The van der Waals surface area contributed by atoms with Gasteiger partial charge in [-0.3, -0.25) is 9.78 Å². The molecular weight excluding hydrogens is 326 g/mol. The van der Waals surface area contributed by atoms with Crippen molar-refractivity contribution in [3.8, 4) is 0 Å². The van der Waals surface area contributed by atoms with Gasteiger partial charge in [0, 0.05) is 22.1 Å². The highest BCUT2D eigenvalue weighted by atomic mass is 79.9. The summed E-state index contributed by atoms with van der Waals surface area (Å²) in [6, 6.07) is 3.69. The average molecular weight is 340 g/mol. The molecule has 0 saturated heterocycles. The molecule has 0 aliphatic rings. The molecule has 0 spiro atoms. The summed E-state index contributed by atoms with van der Waals surface area (Å²) >= 11 is 5.06. The van der Waals surface area contributed by atoms with Gasteiger partial charge in [0.1, 0.15) is 0 Å². The summed E-state index contributed by atoms with van der Waals surface area (Å²) in [5.41, 5.74) is 1.37. The summed E-state index contributed by atoms with van der Waals surface area (Å²) in [6.45, 7) is 3.25. The van der Waals surface area contributed by atoms with Gasteiger partial charge in [-0.15, -0.1) is 11.3 Å². The van der Waals surface area contributed by atoms with Gasteiger partial charge in [-0.2, -0.15) is 0 Å². The van der Waals surface area contributed by atoms with Crippen molar-refractivity contribution in [2.24, 2.45) is 0 Å². The Kier molecular flexibility index (Phi) is 4.93. The zero-order valence-corrected chi connectivity index (χ0v) is 12.8. The van der Waals surface area contributed by atoms with E-state index in [0.717, 1.165) is 21.6 Å². The lowest BCUT2D eigenvalue weighted by Crippen LogP contribution is -2.23. The molecule has 2 heterocycles. The van der Waals surface area contributed by atoms with E-state index in [9.17, 15) is 4.79 Å². The molecule has 0 aliphatic carbocycles. The molecule has 2 N–H and O–H groups in total. The summed E-state index contributed by atoms with van der Waals surface area (Å²) in [5, 5.41) is 8.03. The Bertz CT molecular complexity index is 571. The van der Waals surface area contributed by atoms with E-state index in [1.165, 1.54) is 0 Å².